The lowest BCUT2D eigenvalue weighted by Crippen LogP contribution is -2.30. The van der Waals surface area contributed by atoms with Crippen LogP contribution in [0.4, 0.5) is 0 Å². The zero-order valence-electron chi connectivity index (χ0n) is 10.7. The van der Waals surface area contributed by atoms with Gasteiger partial charge in [0.15, 0.2) is 0 Å². The van der Waals surface area contributed by atoms with Crippen molar-refractivity contribution >= 4 is 0 Å². The van der Waals surface area contributed by atoms with Crippen LogP contribution in [0.15, 0.2) is 0 Å². The number of aliphatic hydroxyl groups is 1. The average Bonchev–Trinajstić information content (AvgIpc) is 2.67. The molecule has 94 valence electrons. The Morgan fingerprint density at radius 3 is 2.31 bits per heavy atom. The van der Waals surface area contributed by atoms with E-state index in [4.69, 9.17) is 0 Å². The van der Waals surface area contributed by atoms with Gasteiger partial charge in [0.05, 0.1) is 6.10 Å². The third-order valence-corrected chi connectivity index (χ3v) is 4.43. The Bertz CT molecular complexity index is 199. The van der Waals surface area contributed by atoms with Crippen molar-refractivity contribution in [3.05, 3.63) is 0 Å². The molecule has 0 aromatic rings. The first kappa shape index (κ1) is 12.4. The smallest absolute Gasteiger partial charge is 0.0679 e. The van der Waals surface area contributed by atoms with Gasteiger partial charge in [-0.25, -0.2) is 0 Å². The van der Waals surface area contributed by atoms with Gasteiger partial charge in [-0.3, -0.25) is 0 Å². The molecule has 1 saturated heterocycles. The lowest BCUT2D eigenvalue weighted by atomic mass is 9.80. The van der Waals surface area contributed by atoms with E-state index in [-0.39, 0.29) is 6.10 Å². The molecule has 0 amide bonds. The van der Waals surface area contributed by atoms with Crippen LogP contribution < -0.4 is 0 Å². The van der Waals surface area contributed by atoms with Crippen LogP contribution >= 0.6 is 0 Å². The summed E-state index contributed by atoms with van der Waals surface area (Å²) in [5, 5.41) is 9.50. The van der Waals surface area contributed by atoms with Gasteiger partial charge >= 0.3 is 0 Å². The molecule has 1 aliphatic carbocycles. The van der Waals surface area contributed by atoms with Crippen molar-refractivity contribution in [1.82, 2.24) is 4.90 Å². The van der Waals surface area contributed by atoms with E-state index in [9.17, 15) is 5.11 Å². The highest BCUT2D eigenvalue weighted by atomic mass is 16.3. The fourth-order valence-corrected chi connectivity index (χ4v) is 3.45. The van der Waals surface area contributed by atoms with E-state index in [0.717, 1.165) is 31.3 Å². The van der Waals surface area contributed by atoms with E-state index < -0.39 is 0 Å². The fraction of sp³-hybridized carbons (Fsp3) is 1.00. The molecule has 2 fully saturated rings. The molecule has 2 rings (SSSR count). The van der Waals surface area contributed by atoms with Crippen LogP contribution in [-0.2, 0) is 0 Å². The molecular formula is C14H27NO. The predicted octanol–water partition coefficient (Wildman–Crippen LogP) is 2.66. The highest BCUT2D eigenvalue weighted by Gasteiger charge is 2.26. The van der Waals surface area contributed by atoms with Crippen LogP contribution in [0.2, 0.25) is 0 Å². The van der Waals surface area contributed by atoms with Crippen molar-refractivity contribution < 1.29 is 5.11 Å². The number of β-amino-alcohol motifs (C(OH)–C–C–N with tert-alkyl or cyclic N) is 1. The predicted molar refractivity (Wildman–Crippen MR) is 67.4 cm³/mol. The Hall–Kier alpha value is -0.0800. The summed E-state index contributed by atoms with van der Waals surface area (Å²) >= 11 is 0. The maximum Gasteiger partial charge on any atom is 0.0679 e. The number of rotatable bonds is 4. The Balaban J connectivity index is 1.65. The third-order valence-electron chi connectivity index (χ3n) is 4.43. The summed E-state index contributed by atoms with van der Waals surface area (Å²) in [5.41, 5.74) is 0. The molecule has 2 heteroatoms. The monoisotopic (exact) mass is 225 g/mol. The largest absolute Gasteiger partial charge is 0.392 e. The van der Waals surface area contributed by atoms with Gasteiger partial charge in [0.25, 0.3) is 0 Å². The van der Waals surface area contributed by atoms with E-state index >= 15 is 0 Å². The molecular weight excluding hydrogens is 198 g/mol. The lowest BCUT2D eigenvalue weighted by Gasteiger charge is -2.31. The minimum atomic E-state index is -0.0450. The summed E-state index contributed by atoms with van der Waals surface area (Å²) in [6, 6.07) is 0. The van der Waals surface area contributed by atoms with Gasteiger partial charge in [0.1, 0.15) is 0 Å². The summed E-state index contributed by atoms with van der Waals surface area (Å²) in [6.07, 6.45) is 9.50. The van der Waals surface area contributed by atoms with Crippen molar-refractivity contribution in [2.75, 3.05) is 19.6 Å². The first-order valence-corrected chi connectivity index (χ1v) is 7.18. The Labute approximate surface area is 100 Å². The second kappa shape index (κ2) is 6.02. The van der Waals surface area contributed by atoms with Crippen LogP contribution in [0, 0.1) is 11.8 Å². The summed E-state index contributed by atoms with van der Waals surface area (Å²) in [5.74, 6) is 1.93. The van der Waals surface area contributed by atoms with Crippen LogP contribution in [-0.4, -0.2) is 35.7 Å². The minimum Gasteiger partial charge on any atom is -0.392 e. The topological polar surface area (TPSA) is 23.5 Å². The van der Waals surface area contributed by atoms with E-state index in [1.807, 2.05) is 0 Å². The maximum absolute atomic E-state index is 9.50. The standard InChI is InChI=1S/C14H27NO/c1-2-3-12-4-6-13(7-5-12)10-15-9-8-14(16)11-15/h12-14,16H,2-11H2,1H3/t12?,13?,14-/m0/s1. The summed E-state index contributed by atoms with van der Waals surface area (Å²) in [4.78, 5) is 2.47. The van der Waals surface area contributed by atoms with E-state index in [1.165, 1.54) is 45.1 Å². The molecule has 1 aliphatic heterocycles. The van der Waals surface area contributed by atoms with E-state index in [2.05, 4.69) is 11.8 Å². The highest BCUT2D eigenvalue weighted by molar-refractivity contribution is 4.79. The molecule has 1 N–H and O–H groups in total. The van der Waals surface area contributed by atoms with Crippen molar-refractivity contribution in [2.24, 2.45) is 11.8 Å². The average molecular weight is 225 g/mol. The molecule has 2 nitrogen and oxygen atoms in total. The molecule has 0 bridgehead atoms. The van der Waals surface area contributed by atoms with Crippen molar-refractivity contribution in [3.63, 3.8) is 0 Å². The first-order chi connectivity index (χ1) is 7.78. The summed E-state index contributed by atoms with van der Waals surface area (Å²) < 4.78 is 0. The number of nitrogens with zero attached hydrogens (tertiary/aromatic N) is 1. The Morgan fingerprint density at radius 2 is 1.75 bits per heavy atom. The van der Waals surface area contributed by atoms with Crippen LogP contribution in [0.25, 0.3) is 0 Å². The number of hydrogen-bond acceptors (Lipinski definition) is 2. The molecule has 0 unspecified atom stereocenters. The first-order valence-electron chi connectivity index (χ1n) is 7.18. The Morgan fingerprint density at radius 1 is 1.06 bits per heavy atom. The molecule has 1 heterocycles. The lowest BCUT2D eigenvalue weighted by molar-refractivity contribution is 0.156. The molecule has 1 saturated carbocycles. The maximum atomic E-state index is 9.50. The molecule has 0 aromatic carbocycles. The van der Waals surface area contributed by atoms with E-state index in [0.29, 0.717) is 0 Å². The third kappa shape index (κ3) is 3.46. The van der Waals surface area contributed by atoms with Crippen molar-refractivity contribution in [1.29, 1.82) is 0 Å². The normalized spacial score (nSPS) is 36.8. The quantitative estimate of drug-likeness (QED) is 0.795. The van der Waals surface area contributed by atoms with Gasteiger partial charge in [-0.1, -0.05) is 32.6 Å². The second-order valence-corrected chi connectivity index (χ2v) is 5.88. The molecule has 0 aromatic heterocycles. The van der Waals surface area contributed by atoms with Crippen molar-refractivity contribution in [3.8, 4) is 0 Å². The molecule has 16 heavy (non-hydrogen) atoms. The Kier molecular flexibility index (Phi) is 4.66. The molecule has 0 radical (unpaired) electrons. The summed E-state index contributed by atoms with van der Waals surface area (Å²) in [6.45, 7) is 5.60. The molecule has 0 spiro atoms. The zero-order chi connectivity index (χ0) is 11.4. The second-order valence-electron chi connectivity index (χ2n) is 5.88. The van der Waals surface area contributed by atoms with E-state index in [1.54, 1.807) is 0 Å². The number of aliphatic hydroxyl groups excluding tert-OH is 1. The molecule has 1 atom stereocenters. The number of hydrogen-bond donors (Lipinski definition) is 1. The zero-order valence-corrected chi connectivity index (χ0v) is 10.7. The van der Waals surface area contributed by atoms with Gasteiger partial charge in [0.2, 0.25) is 0 Å². The van der Waals surface area contributed by atoms with Crippen LogP contribution in [0.1, 0.15) is 51.9 Å². The minimum absolute atomic E-state index is 0.0450. The van der Waals surface area contributed by atoms with Gasteiger partial charge in [-0.05, 0) is 31.1 Å². The van der Waals surface area contributed by atoms with Crippen LogP contribution in [0.5, 0.6) is 0 Å². The van der Waals surface area contributed by atoms with Gasteiger partial charge in [0, 0.05) is 19.6 Å². The van der Waals surface area contributed by atoms with Crippen molar-refractivity contribution in [2.45, 2.75) is 58.0 Å². The SMILES string of the molecule is CCCC1CCC(CN2CC[C@H](O)C2)CC1. The fourth-order valence-electron chi connectivity index (χ4n) is 3.45. The van der Waals surface area contributed by atoms with Gasteiger partial charge < -0.3 is 10.0 Å². The number of likely N-dealkylation sites (tertiary alicyclic amines) is 1. The van der Waals surface area contributed by atoms with Gasteiger partial charge in [-0.2, -0.15) is 0 Å². The van der Waals surface area contributed by atoms with Gasteiger partial charge in [-0.15, -0.1) is 0 Å². The molecule has 2 aliphatic rings. The summed E-state index contributed by atoms with van der Waals surface area (Å²) in [7, 11) is 0. The highest BCUT2D eigenvalue weighted by Crippen LogP contribution is 2.32. The van der Waals surface area contributed by atoms with Crippen LogP contribution in [0.3, 0.4) is 0 Å².